The van der Waals surface area contributed by atoms with Gasteiger partial charge in [0.05, 0.1) is 6.10 Å². The molecule has 3 rings (SSSR count). The molecular weight excluding hydrogens is 456 g/mol. The Morgan fingerprint density at radius 2 is 2.03 bits per heavy atom. The zero-order valence-corrected chi connectivity index (χ0v) is 18.3. The molecule has 0 saturated heterocycles. The topological polar surface area (TPSA) is 117 Å². The van der Waals surface area contributed by atoms with Crippen LogP contribution in [0, 0.1) is 0 Å². The highest BCUT2D eigenvalue weighted by atomic mass is 79.9. The van der Waals surface area contributed by atoms with Crippen LogP contribution < -0.4 is 11.1 Å². The van der Waals surface area contributed by atoms with E-state index in [2.05, 4.69) is 27.8 Å². The number of hydrogen-bond donors (Lipinski definition) is 2. The van der Waals surface area contributed by atoms with E-state index in [9.17, 15) is 14.4 Å². The number of cyclic esters (lactones) is 1. The first-order chi connectivity index (χ1) is 14.1. The summed E-state index contributed by atoms with van der Waals surface area (Å²) in [4.78, 5) is 39.5. The van der Waals surface area contributed by atoms with Crippen LogP contribution in [-0.4, -0.2) is 30.6 Å². The number of fused-ring (bicyclic) bond motifs is 2. The van der Waals surface area contributed by atoms with Gasteiger partial charge in [-0.25, -0.2) is 14.4 Å². The van der Waals surface area contributed by atoms with Crippen LogP contribution in [0.4, 0.5) is 5.69 Å². The number of rotatable bonds is 5. The highest BCUT2D eigenvalue weighted by molar-refractivity contribution is 9.10. The largest absolute Gasteiger partial charge is 0.459 e. The minimum Gasteiger partial charge on any atom is -0.459 e. The minimum absolute atomic E-state index is 0.0181. The first-order valence-electron chi connectivity index (χ1n) is 9.14. The first kappa shape index (κ1) is 21.6. The Hall–Kier alpha value is -3.07. The van der Waals surface area contributed by atoms with Gasteiger partial charge in [-0.2, -0.15) is 0 Å². The molecule has 1 aromatic carbocycles. The lowest BCUT2D eigenvalue weighted by atomic mass is 9.67. The maximum atomic E-state index is 13.3. The lowest BCUT2D eigenvalue weighted by molar-refractivity contribution is -0.148. The molecule has 158 valence electrons. The summed E-state index contributed by atoms with van der Waals surface area (Å²) in [6, 6.07) is 5.03. The number of benzene rings is 1. The van der Waals surface area contributed by atoms with Gasteiger partial charge in [-0.15, -0.1) is 0 Å². The Balaban J connectivity index is 2.36. The molecule has 0 aromatic heterocycles. The van der Waals surface area contributed by atoms with E-state index < -0.39 is 29.4 Å². The highest BCUT2D eigenvalue weighted by Crippen LogP contribution is 2.53. The van der Waals surface area contributed by atoms with Gasteiger partial charge < -0.3 is 25.3 Å². The van der Waals surface area contributed by atoms with Gasteiger partial charge in [-0.1, -0.05) is 28.6 Å². The van der Waals surface area contributed by atoms with E-state index in [1.807, 2.05) is 0 Å². The van der Waals surface area contributed by atoms with Crippen LogP contribution in [0.1, 0.15) is 26.3 Å². The maximum absolute atomic E-state index is 13.3. The van der Waals surface area contributed by atoms with Crippen molar-refractivity contribution in [2.75, 3.05) is 11.9 Å². The van der Waals surface area contributed by atoms with Crippen LogP contribution in [-0.2, 0) is 34.0 Å². The molecule has 1 spiro atoms. The Bertz CT molecular complexity index is 1030. The van der Waals surface area contributed by atoms with E-state index in [1.54, 1.807) is 32.0 Å². The molecule has 0 fully saturated rings. The van der Waals surface area contributed by atoms with E-state index in [1.165, 1.54) is 13.0 Å². The summed E-state index contributed by atoms with van der Waals surface area (Å²) in [5, 5.41) is 2.92. The fraction of sp³-hybridized carbons (Fsp3) is 0.286. The fourth-order valence-electron chi connectivity index (χ4n) is 3.62. The van der Waals surface area contributed by atoms with E-state index in [-0.39, 0.29) is 29.3 Å². The Morgan fingerprint density at radius 1 is 1.33 bits per heavy atom. The number of nitrogens with two attached hydrogens (primary N) is 1. The van der Waals surface area contributed by atoms with Crippen LogP contribution in [0.3, 0.4) is 0 Å². The van der Waals surface area contributed by atoms with Gasteiger partial charge in [0.2, 0.25) is 0 Å². The van der Waals surface area contributed by atoms with E-state index in [0.29, 0.717) is 15.7 Å². The van der Waals surface area contributed by atoms with Crippen molar-refractivity contribution in [3.8, 4) is 0 Å². The monoisotopic (exact) mass is 476 g/mol. The smallest absolute Gasteiger partial charge is 0.339 e. The molecule has 2 aliphatic heterocycles. The number of nitrogens with one attached hydrogen (secondary N) is 1. The Labute approximate surface area is 181 Å². The van der Waals surface area contributed by atoms with Gasteiger partial charge in [-0.3, -0.25) is 0 Å². The number of halogens is 1. The Kier molecular flexibility index (Phi) is 5.76. The number of allylic oxidation sites excluding steroid dienone is 1. The van der Waals surface area contributed by atoms with Crippen LogP contribution in [0.5, 0.6) is 0 Å². The van der Waals surface area contributed by atoms with Gasteiger partial charge in [0, 0.05) is 15.7 Å². The highest BCUT2D eigenvalue weighted by Gasteiger charge is 2.63. The van der Waals surface area contributed by atoms with Crippen molar-refractivity contribution in [2.24, 2.45) is 5.73 Å². The summed E-state index contributed by atoms with van der Waals surface area (Å²) in [6.07, 6.45) is 0.904. The number of ether oxygens (including phenoxy) is 3. The molecular formula is C21H21BrN2O6. The molecule has 2 heterocycles. The number of hydrogen-bond acceptors (Lipinski definition) is 8. The molecule has 0 saturated carbocycles. The first-order valence-corrected chi connectivity index (χ1v) is 9.93. The summed E-state index contributed by atoms with van der Waals surface area (Å²) in [6.45, 7) is 8.21. The average molecular weight is 477 g/mol. The van der Waals surface area contributed by atoms with Crippen molar-refractivity contribution < 1.29 is 28.6 Å². The van der Waals surface area contributed by atoms with Crippen molar-refractivity contribution in [3.05, 3.63) is 63.6 Å². The molecule has 3 N–H and O–H groups in total. The lowest BCUT2D eigenvalue weighted by Crippen LogP contribution is -2.48. The van der Waals surface area contributed by atoms with Gasteiger partial charge in [0.1, 0.15) is 29.3 Å². The minimum atomic E-state index is -1.94. The fourth-order valence-corrected chi connectivity index (χ4v) is 3.99. The quantitative estimate of drug-likeness (QED) is 0.378. The van der Waals surface area contributed by atoms with E-state index in [0.717, 1.165) is 0 Å². The van der Waals surface area contributed by atoms with Crippen molar-refractivity contribution in [1.29, 1.82) is 0 Å². The second-order valence-electron chi connectivity index (χ2n) is 7.02. The summed E-state index contributed by atoms with van der Waals surface area (Å²) in [5.74, 6) is -2.61. The molecule has 0 bridgehead atoms. The molecule has 0 radical (unpaired) electrons. The zero-order valence-electron chi connectivity index (χ0n) is 16.7. The predicted molar refractivity (Wildman–Crippen MR) is 112 cm³/mol. The van der Waals surface area contributed by atoms with Crippen molar-refractivity contribution >= 4 is 39.5 Å². The molecule has 1 aromatic rings. The van der Waals surface area contributed by atoms with Gasteiger partial charge in [0.15, 0.2) is 5.41 Å². The van der Waals surface area contributed by atoms with Gasteiger partial charge in [0.25, 0.3) is 0 Å². The standard InChI is InChI=1S/C21H21BrN2O6/c1-5-8-28-18(25)15-11(4)30-20(27)21(15)13-9-12(22)6-7-14(13)24-17(23)16(21)19(26)29-10(2)3/h5-7,9-10,24H,1,8,23H2,2-4H3/t21-/m1/s1. The Morgan fingerprint density at radius 3 is 2.67 bits per heavy atom. The van der Waals surface area contributed by atoms with Crippen LogP contribution in [0.25, 0.3) is 0 Å². The summed E-state index contributed by atoms with van der Waals surface area (Å²) in [7, 11) is 0. The van der Waals surface area contributed by atoms with E-state index in [4.69, 9.17) is 19.9 Å². The third-order valence-electron chi connectivity index (χ3n) is 4.66. The molecule has 1 atom stereocenters. The molecule has 2 aliphatic rings. The molecule has 9 heteroatoms. The normalized spacial score (nSPS) is 20.1. The SMILES string of the molecule is C=CCOC(=O)C1=C(C)OC(=O)[C@@]12C(C(=O)OC(C)C)=C(N)Nc1ccc(Br)cc12. The summed E-state index contributed by atoms with van der Waals surface area (Å²) >= 11 is 3.38. The third kappa shape index (κ3) is 3.28. The molecule has 30 heavy (non-hydrogen) atoms. The van der Waals surface area contributed by atoms with Crippen LogP contribution >= 0.6 is 15.9 Å². The zero-order chi connectivity index (χ0) is 22.2. The molecule has 0 unspecified atom stereocenters. The van der Waals surface area contributed by atoms with Crippen LogP contribution in [0.2, 0.25) is 0 Å². The third-order valence-corrected chi connectivity index (χ3v) is 5.15. The van der Waals surface area contributed by atoms with Gasteiger partial charge in [-0.05, 0) is 39.0 Å². The second kappa shape index (κ2) is 7.98. The second-order valence-corrected chi connectivity index (χ2v) is 7.93. The predicted octanol–water partition coefficient (Wildman–Crippen LogP) is 2.79. The van der Waals surface area contributed by atoms with Crippen LogP contribution in [0.15, 0.2) is 58.1 Å². The van der Waals surface area contributed by atoms with Gasteiger partial charge >= 0.3 is 17.9 Å². The lowest BCUT2D eigenvalue weighted by Gasteiger charge is -2.36. The average Bonchev–Trinajstić information content (AvgIpc) is 2.90. The molecule has 0 amide bonds. The molecule has 8 nitrogen and oxygen atoms in total. The van der Waals surface area contributed by atoms with E-state index >= 15 is 0 Å². The molecule has 0 aliphatic carbocycles. The van der Waals surface area contributed by atoms with Crippen molar-refractivity contribution in [3.63, 3.8) is 0 Å². The maximum Gasteiger partial charge on any atom is 0.339 e. The number of anilines is 1. The summed E-state index contributed by atoms with van der Waals surface area (Å²) < 4.78 is 16.6. The summed E-state index contributed by atoms with van der Waals surface area (Å²) in [5.41, 5.74) is 4.65. The van der Waals surface area contributed by atoms with Crippen molar-refractivity contribution in [1.82, 2.24) is 0 Å². The van der Waals surface area contributed by atoms with Crippen molar-refractivity contribution in [2.45, 2.75) is 32.3 Å². The number of carbonyl (C=O) groups is 3. The number of carbonyl (C=O) groups excluding carboxylic acids is 3. The number of esters is 3.